The average molecular weight is 630 g/mol. The molecule has 11 nitrogen and oxygen atoms in total. The molecule has 4 amide bonds. The van der Waals surface area contributed by atoms with Crippen molar-refractivity contribution in [3.05, 3.63) is 23.5 Å². The van der Waals surface area contributed by atoms with Gasteiger partial charge in [0.15, 0.2) is 0 Å². The quantitative estimate of drug-likeness (QED) is 0.389. The summed E-state index contributed by atoms with van der Waals surface area (Å²) in [6.07, 6.45) is 3.96. The molecule has 3 heterocycles. The van der Waals surface area contributed by atoms with E-state index in [1.54, 1.807) is 39.5 Å². The molecule has 1 saturated carbocycles. The maximum Gasteiger partial charge on any atom is 0.414 e. The number of likely N-dealkylation sites (tertiary alicyclic amines) is 2. The monoisotopic (exact) mass is 629 g/mol. The van der Waals surface area contributed by atoms with Gasteiger partial charge in [-0.1, -0.05) is 13.3 Å². The Hall–Kier alpha value is -3.41. The number of fused-ring (bicyclic) bond motifs is 1. The van der Waals surface area contributed by atoms with Gasteiger partial charge < -0.3 is 25.0 Å². The highest BCUT2D eigenvalue weighted by Gasteiger charge is 2.56. The third-order valence-corrected chi connectivity index (χ3v) is 9.67. The first kappa shape index (κ1) is 33.0. The number of rotatable bonds is 8. The minimum absolute atomic E-state index is 0.00199. The van der Waals surface area contributed by atoms with Crippen LogP contribution in [0.15, 0.2) is 12.1 Å². The van der Waals surface area contributed by atoms with Crippen LogP contribution in [0.2, 0.25) is 0 Å². The highest BCUT2D eigenvalue weighted by atomic mass is 19.1. The SMILES string of the molecule is CCCCOC(=O)N1CC2(CC(C(=O)N[C@@H]3CCCN(C4(C)C(=O)Nc5c(N(CC)C(=O)OC(C)(C)C)cc(F)cc54)C3)C2)C1. The molecule has 1 spiro atoms. The standard InChI is InChI=1S/C33H48FN5O6/c1-7-9-13-44-29(42)37-19-33(20-37)16-21(17-33)27(40)35-23-11-10-12-38(18-23)32(6)24-14-22(34)15-25(26(24)36-28(32)41)39(8-2)30(43)45-31(3,4)5/h14-15,21,23H,7-13,16-20H2,1-6H3,(H,35,40)(H,36,41)/t23-,32?/m1/s1. The summed E-state index contributed by atoms with van der Waals surface area (Å²) in [5.74, 6) is -0.963. The number of nitrogens with one attached hydrogen (secondary N) is 2. The van der Waals surface area contributed by atoms with Gasteiger partial charge in [-0.3, -0.25) is 19.4 Å². The first-order valence-electron chi connectivity index (χ1n) is 16.3. The zero-order valence-corrected chi connectivity index (χ0v) is 27.5. The predicted octanol–water partition coefficient (Wildman–Crippen LogP) is 4.98. The molecule has 0 radical (unpaired) electrons. The molecular weight excluding hydrogens is 581 g/mol. The lowest BCUT2D eigenvalue weighted by atomic mass is 9.57. The number of carbonyl (C=O) groups excluding carboxylic acids is 4. The molecule has 248 valence electrons. The summed E-state index contributed by atoms with van der Waals surface area (Å²) in [6, 6.07) is 2.45. The molecule has 3 fully saturated rings. The van der Waals surface area contributed by atoms with Crippen molar-refractivity contribution in [1.29, 1.82) is 0 Å². The highest BCUT2D eigenvalue weighted by Crippen LogP contribution is 2.52. The summed E-state index contributed by atoms with van der Waals surface area (Å²) in [5.41, 5.74) is -0.817. The molecule has 1 unspecified atom stereocenters. The van der Waals surface area contributed by atoms with Crippen LogP contribution >= 0.6 is 0 Å². The molecule has 2 saturated heterocycles. The van der Waals surface area contributed by atoms with Crippen molar-refractivity contribution in [2.75, 3.05) is 49.5 Å². The van der Waals surface area contributed by atoms with Crippen molar-refractivity contribution in [3.8, 4) is 0 Å². The van der Waals surface area contributed by atoms with Crippen LogP contribution in [0.5, 0.6) is 0 Å². The Morgan fingerprint density at radius 3 is 2.53 bits per heavy atom. The van der Waals surface area contributed by atoms with Gasteiger partial charge in [0.1, 0.15) is 17.0 Å². The molecule has 2 atom stereocenters. The van der Waals surface area contributed by atoms with E-state index in [0.29, 0.717) is 44.0 Å². The van der Waals surface area contributed by atoms with Gasteiger partial charge in [0, 0.05) is 49.1 Å². The molecule has 5 rings (SSSR count). The molecule has 12 heteroatoms. The molecule has 1 aliphatic carbocycles. The van der Waals surface area contributed by atoms with E-state index in [9.17, 15) is 19.2 Å². The van der Waals surface area contributed by atoms with Crippen LogP contribution in [0.3, 0.4) is 0 Å². The van der Waals surface area contributed by atoms with E-state index in [4.69, 9.17) is 9.47 Å². The van der Waals surface area contributed by atoms with Crippen LogP contribution in [-0.4, -0.2) is 84.8 Å². The molecule has 1 aromatic carbocycles. The Labute approximate surface area is 265 Å². The van der Waals surface area contributed by atoms with Crippen LogP contribution < -0.4 is 15.5 Å². The van der Waals surface area contributed by atoms with Gasteiger partial charge in [0.2, 0.25) is 11.8 Å². The summed E-state index contributed by atoms with van der Waals surface area (Å²) in [4.78, 5) is 57.1. The van der Waals surface area contributed by atoms with Gasteiger partial charge >= 0.3 is 12.2 Å². The van der Waals surface area contributed by atoms with Gasteiger partial charge in [0.25, 0.3) is 0 Å². The molecule has 3 aliphatic heterocycles. The molecule has 0 aromatic heterocycles. The molecule has 4 aliphatic rings. The number of unbranched alkanes of at least 4 members (excludes halogenated alkanes) is 1. The largest absolute Gasteiger partial charge is 0.449 e. The third kappa shape index (κ3) is 6.48. The second-order valence-electron chi connectivity index (χ2n) is 14.3. The zero-order valence-electron chi connectivity index (χ0n) is 27.5. The fourth-order valence-corrected chi connectivity index (χ4v) is 7.24. The number of amides is 4. The number of ether oxygens (including phenoxy) is 2. The third-order valence-electron chi connectivity index (χ3n) is 9.67. The van der Waals surface area contributed by atoms with E-state index in [1.807, 2.05) is 11.8 Å². The minimum Gasteiger partial charge on any atom is -0.449 e. The van der Waals surface area contributed by atoms with Gasteiger partial charge in [-0.25, -0.2) is 14.0 Å². The number of nitrogens with zero attached hydrogens (tertiary/aromatic N) is 3. The Kier molecular flexibility index (Phi) is 9.09. The fourth-order valence-electron chi connectivity index (χ4n) is 7.24. The minimum atomic E-state index is -1.19. The maximum atomic E-state index is 15.2. The smallest absolute Gasteiger partial charge is 0.414 e. The molecule has 45 heavy (non-hydrogen) atoms. The lowest BCUT2D eigenvalue weighted by molar-refractivity contribution is -0.143. The Balaban J connectivity index is 1.22. The summed E-state index contributed by atoms with van der Waals surface area (Å²) in [7, 11) is 0. The predicted molar refractivity (Wildman–Crippen MR) is 167 cm³/mol. The zero-order chi connectivity index (χ0) is 32.7. The van der Waals surface area contributed by atoms with Crippen LogP contribution in [0.25, 0.3) is 0 Å². The average Bonchev–Trinajstić information content (AvgIpc) is 3.17. The van der Waals surface area contributed by atoms with Crippen molar-refractivity contribution in [3.63, 3.8) is 0 Å². The van der Waals surface area contributed by atoms with Gasteiger partial charge in [-0.05, 0) is 85.4 Å². The van der Waals surface area contributed by atoms with Crippen molar-refractivity contribution in [2.45, 2.75) is 97.2 Å². The van der Waals surface area contributed by atoms with Crippen LogP contribution in [-0.2, 0) is 24.6 Å². The lowest BCUT2D eigenvalue weighted by Gasteiger charge is -2.58. The fraction of sp³-hybridized carbons (Fsp3) is 0.697. The summed E-state index contributed by atoms with van der Waals surface area (Å²) >= 11 is 0. The second kappa shape index (κ2) is 12.4. The summed E-state index contributed by atoms with van der Waals surface area (Å²) in [6.45, 7) is 13.8. The highest BCUT2D eigenvalue weighted by molar-refractivity contribution is 6.10. The van der Waals surface area contributed by atoms with Crippen LogP contribution in [0, 0.1) is 17.2 Å². The van der Waals surface area contributed by atoms with Crippen molar-refractivity contribution in [2.24, 2.45) is 11.3 Å². The van der Waals surface area contributed by atoms with Crippen molar-refractivity contribution in [1.82, 2.24) is 15.1 Å². The first-order valence-corrected chi connectivity index (χ1v) is 16.3. The molecular formula is C33H48FN5O6. The van der Waals surface area contributed by atoms with Crippen molar-refractivity contribution >= 4 is 35.4 Å². The van der Waals surface area contributed by atoms with Crippen LogP contribution in [0.4, 0.5) is 25.4 Å². The number of hydrogen-bond donors (Lipinski definition) is 2. The number of carbonyl (C=O) groups is 4. The first-order chi connectivity index (χ1) is 21.2. The normalized spacial score (nSPS) is 24.3. The van der Waals surface area contributed by atoms with E-state index in [2.05, 4.69) is 10.6 Å². The number of anilines is 2. The summed E-state index contributed by atoms with van der Waals surface area (Å²) < 4.78 is 26.0. The van der Waals surface area contributed by atoms with Crippen LogP contribution in [0.1, 0.15) is 85.6 Å². The molecule has 0 bridgehead atoms. The van der Waals surface area contributed by atoms with Crippen molar-refractivity contribution < 1.29 is 33.0 Å². The van der Waals surface area contributed by atoms with E-state index >= 15 is 4.39 Å². The molecule has 2 N–H and O–H groups in total. The lowest BCUT2D eigenvalue weighted by Crippen LogP contribution is -2.66. The van der Waals surface area contributed by atoms with Gasteiger partial charge in [-0.15, -0.1) is 0 Å². The van der Waals surface area contributed by atoms with Gasteiger partial charge in [-0.2, -0.15) is 0 Å². The van der Waals surface area contributed by atoms with Gasteiger partial charge in [0.05, 0.1) is 18.0 Å². The van der Waals surface area contributed by atoms with E-state index in [-0.39, 0.29) is 47.5 Å². The van der Waals surface area contributed by atoms with E-state index in [0.717, 1.165) is 38.5 Å². The topological polar surface area (TPSA) is 121 Å². The van der Waals surface area contributed by atoms with E-state index < -0.39 is 23.1 Å². The summed E-state index contributed by atoms with van der Waals surface area (Å²) in [5, 5.41) is 6.14. The molecule has 1 aromatic rings. The number of piperidine rings is 1. The Morgan fingerprint density at radius 1 is 1.18 bits per heavy atom. The maximum absolute atomic E-state index is 15.2. The Bertz CT molecular complexity index is 1330. The Morgan fingerprint density at radius 2 is 1.89 bits per heavy atom. The number of benzene rings is 1. The second-order valence-corrected chi connectivity index (χ2v) is 14.3. The van der Waals surface area contributed by atoms with E-state index in [1.165, 1.54) is 17.0 Å². The number of hydrogen-bond acceptors (Lipinski definition) is 7. The number of halogens is 1.